The molecule has 0 bridgehead atoms. The topological polar surface area (TPSA) is 54.0 Å². The average molecular weight is 342 g/mol. The second-order valence-electron chi connectivity index (χ2n) is 4.84. The molecule has 2 aliphatic rings. The minimum atomic E-state index is -0.668. The van der Waals surface area contributed by atoms with Gasteiger partial charge in [0.15, 0.2) is 17.6 Å². The summed E-state index contributed by atoms with van der Waals surface area (Å²) in [6.07, 6.45) is -0.668. The van der Waals surface area contributed by atoms with Gasteiger partial charge in [0.1, 0.15) is 0 Å². The van der Waals surface area contributed by atoms with Crippen LogP contribution in [-0.4, -0.2) is 50.5 Å². The number of esters is 1. The zero-order valence-corrected chi connectivity index (χ0v) is 13.9. The Morgan fingerprint density at radius 3 is 2.73 bits per heavy atom. The molecule has 2 heterocycles. The fourth-order valence-corrected chi connectivity index (χ4v) is 5.10. The molecule has 1 aromatic carbocycles. The highest BCUT2D eigenvalue weighted by Gasteiger charge is 2.26. The third-order valence-corrected chi connectivity index (χ3v) is 6.48. The predicted octanol–water partition coefficient (Wildman–Crippen LogP) is 2.49. The lowest BCUT2D eigenvalue weighted by molar-refractivity contribution is -0.161. The molecule has 0 N–H and O–H groups in total. The second-order valence-corrected chi connectivity index (χ2v) is 7.56. The molecule has 2 saturated heterocycles. The maximum absolute atomic E-state index is 12.1. The Hall–Kier alpha value is -0.890. The number of carbonyl (C=O) groups excluding carboxylic acids is 1. The lowest BCUT2D eigenvalue weighted by atomic mass is 10.2. The van der Waals surface area contributed by atoms with Gasteiger partial charge in [0.25, 0.3) is 0 Å². The summed E-state index contributed by atoms with van der Waals surface area (Å²) in [6.45, 7) is 1.15. The monoisotopic (exact) mass is 342 g/mol. The van der Waals surface area contributed by atoms with Crippen LogP contribution in [0.25, 0.3) is 0 Å². The molecule has 0 amide bonds. The number of ether oxygens (including phenoxy) is 4. The van der Waals surface area contributed by atoms with Gasteiger partial charge in [0.2, 0.25) is 0 Å². The van der Waals surface area contributed by atoms with Crippen molar-refractivity contribution < 1.29 is 23.7 Å². The molecule has 1 unspecified atom stereocenters. The van der Waals surface area contributed by atoms with Crippen LogP contribution in [0.15, 0.2) is 18.2 Å². The van der Waals surface area contributed by atoms with Crippen molar-refractivity contribution in [2.24, 2.45) is 0 Å². The van der Waals surface area contributed by atoms with Crippen molar-refractivity contribution in [3.05, 3.63) is 23.8 Å². The average Bonchev–Trinajstić information content (AvgIpc) is 3.10. The van der Waals surface area contributed by atoms with Crippen LogP contribution in [0.1, 0.15) is 10.1 Å². The minimum Gasteiger partial charge on any atom is -0.493 e. The Kier molecular flexibility index (Phi) is 5.51. The summed E-state index contributed by atoms with van der Waals surface area (Å²) in [5.41, 5.74) is 1.18. The van der Waals surface area contributed by atoms with Crippen LogP contribution in [0.2, 0.25) is 0 Å². The summed E-state index contributed by atoms with van der Waals surface area (Å²) in [4.78, 5) is 12.1. The second kappa shape index (κ2) is 7.59. The minimum absolute atomic E-state index is 0.231. The molecule has 0 spiro atoms. The van der Waals surface area contributed by atoms with E-state index in [9.17, 15) is 4.79 Å². The summed E-state index contributed by atoms with van der Waals surface area (Å²) < 4.78 is 21.8. The van der Waals surface area contributed by atoms with Crippen LogP contribution in [0.3, 0.4) is 0 Å². The Balaban J connectivity index is 1.71. The summed E-state index contributed by atoms with van der Waals surface area (Å²) >= 11 is 3.84. The SMILES string of the molecule is COc1cc(C2SCCS2)ccc1OC(=O)C1COCCO1. The summed E-state index contributed by atoms with van der Waals surface area (Å²) in [6, 6.07) is 5.71. The number of hydrogen-bond donors (Lipinski definition) is 0. The van der Waals surface area contributed by atoms with Crippen molar-refractivity contribution in [1.29, 1.82) is 0 Å². The highest BCUT2D eigenvalue weighted by molar-refractivity contribution is 8.19. The zero-order chi connectivity index (χ0) is 15.4. The maximum atomic E-state index is 12.1. The van der Waals surface area contributed by atoms with E-state index >= 15 is 0 Å². The molecule has 120 valence electrons. The molecule has 2 fully saturated rings. The van der Waals surface area contributed by atoms with Crippen molar-refractivity contribution >= 4 is 29.5 Å². The molecule has 22 heavy (non-hydrogen) atoms. The first kappa shape index (κ1) is 16.0. The lowest BCUT2D eigenvalue weighted by Gasteiger charge is -2.21. The highest BCUT2D eigenvalue weighted by Crippen LogP contribution is 2.46. The number of rotatable bonds is 4. The maximum Gasteiger partial charge on any atom is 0.343 e. The van der Waals surface area contributed by atoms with Crippen LogP contribution in [0.5, 0.6) is 11.5 Å². The molecule has 1 atom stereocenters. The van der Waals surface area contributed by atoms with E-state index in [-0.39, 0.29) is 6.61 Å². The number of hydrogen-bond acceptors (Lipinski definition) is 7. The van der Waals surface area contributed by atoms with Crippen LogP contribution in [-0.2, 0) is 14.3 Å². The molecule has 0 aromatic heterocycles. The van der Waals surface area contributed by atoms with Crippen LogP contribution in [0, 0.1) is 0 Å². The van der Waals surface area contributed by atoms with Gasteiger partial charge in [-0.2, -0.15) is 0 Å². The van der Waals surface area contributed by atoms with Crippen molar-refractivity contribution in [2.75, 3.05) is 38.4 Å². The van der Waals surface area contributed by atoms with Gasteiger partial charge < -0.3 is 18.9 Å². The third kappa shape index (κ3) is 3.71. The first-order chi connectivity index (χ1) is 10.8. The molecular formula is C15H18O5S2. The molecular weight excluding hydrogens is 324 g/mol. The first-order valence-corrected chi connectivity index (χ1v) is 9.20. The van der Waals surface area contributed by atoms with Gasteiger partial charge in [-0.15, -0.1) is 23.5 Å². The molecule has 5 nitrogen and oxygen atoms in total. The highest BCUT2D eigenvalue weighted by atomic mass is 32.2. The molecule has 0 aliphatic carbocycles. The van der Waals surface area contributed by atoms with Gasteiger partial charge in [-0.3, -0.25) is 0 Å². The van der Waals surface area contributed by atoms with E-state index in [1.54, 1.807) is 13.2 Å². The third-order valence-electron chi connectivity index (χ3n) is 3.37. The molecule has 0 saturated carbocycles. The first-order valence-electron chi connectivity index (χ1n) is 7.10. The predicted molar refractivity (Wildman–Crippen MR) is 86.8 cm³/mol. The van der Waals surface area contributed by atoms with E-state index in [2.05, 4.69) is 0 Å². The smallest absolute Gasteiger partial charge is 0.343 e. The summed E-state index contributed by atoms with van der Waals surface area (Å²) in [5.74, 6) is 2.85. The van der Waals surface area contributed by atoms with Crippen LogP contribution >= 0.6 is 23.5 Å². The van der Waals surface area contributed by atoms with E-state index in [1.165, 1.54) is 5.56 Å². The Morgan fingerprint density at radius 2 is 2.05 bits per heavy atom. The fraction of sp³-hybridized carbons (Fsp3) is 0.533. The van der Waals surface area contributed by atoms with Gasteiger partial charge in [0.05, 0.1) is 31.5 Å². The van der Waals surface area contributed by atoms with Gasteiger partial charge in [-0.1, -0.05) is 6.07 Å². The summed E-state index contributed by atoms with van der Waals surface area (Å²) in [7, 11) is 1.58. The number of benzene rings is 1. The van der Waals surface area contributed by atoms with E-state index in [4.69, 9.17) is 18.9 Å². The van der Waals surface area contributed by atoms with E-state index in [0.29, 0.717) is 29.3 Å². The van der Waals surface area contributed by atoms with Gasteiger partial charge >= 0.3 is 5.97 Å². The van der Waals surface area contributed by atoms with E-state index < -0.39 is 12.1 Å². The Labute approximate surface area is 138 Å². The molecule has 3 rings (SSSR count). The van der Waals surface area contributed by atoms with Gasteiger partial charge in [-0.25, -0.2) is 4.79 Å². The Bertz CT molecular complexity index is 525. The van der Waals surface area contributed by atoms with Gasteiger partial charge in [-0.05, 0) is 17.7 Å². The molecule has 0 radical (unpaired) electrons. The number of methoxy groups -OCH3 is 1. The lowest BCUT2D eigenvalue weighted by Crippen LogP contribution is -2.38. The standard InChI is InChI=1S/C15H18O5S2/c1-17-12-8-10(15-21-6-7-22-15)2-3-11(12)20-14(16)13-9-18-4-5-19-13/h2-3,8,13,15H,4-7,9H2,1H3. The van der Waals surface area contributed by atoms with Crippen molar-refractivity contribution in [3.63, 3.8) is 0 Å². The quantitative estimate of drug-likeness (QED) is 0.615. The molecule has 7 heteroatoms. The normalized spacial score (nSPS) is 22.5. The van der Waals surface area contributed by atoms with E-state index in [1.807, 2.05) is 35.7 Å². The molecule has 2 aliphatic heterocycles. The van der Waals surface area contributed by atoms with Crippen LogP contribution < -0.4 is 9.47 Å². The largest absolute Gasteiger partial charge is 0.493 e. The summed E-state index contributed by atoms with van der Waals surface area (Å²) in [5, 5.41) is 0. The van der Waals surface area contributed by atoms with E-state index in [0.717, 1.165) is 11.5 Å². The zero-order valence-electron chi connectivity index (χ0n) is 12.3. The van der Waals surface area contributed by atoms with Crippen molar-refractivity contribution in [2.45, 2.75) is 10.7 Å². The Morgan fingerprint density at radius 1 is 1.23 bits per heavy atom. The fourth-order valence-electron chi connectivity index (χ4n) is 2.26. The molecule has 1 aromatic rings. The van der Waals surface area contributed by atoms with Crippen molar-refractivity contribution in [3.8, 4) is 11.5 Å². The van der Waals surface area contributed by atoms with Crippen LogP contribution in [0.4, 0.5) is 0 Å². The van der Waals surface area contributed by atoms with Gasteiger partial charge in [0, 0.05) is 11.5 Å². The number of thioether (sulfide) groups is 2. The van der Waals surface area contributed by atoms with Crippen molar-refractivity contribution in [1.82, 2.24) is 0 Å². The number of carbonyl (C=O) groups is 1.